The smallest absolute Gasteiger partial charge is 0.399 e. The molecule has 4 rings (SSSR count). The Morgan fingerprint density at radius 1 is 0.400 bits per heavy atom. The maximum Gasteiger partial charge on any atom is 0.399 e. The van der Waals surface area contributed by atoms with Crippen molar-refractivity contribution in [2.24, 2.45) is 140 Å². The molecule has 636 valence electrons. The summed E-state index contributed by atoms with van der Waals surface area (Å²) >= 11 is 0. The SMILES string of the molecule is CC(=O)[C@@H](C(C)(C)C)C(F)(F)F.CC(=O)[C@@H](C)C(C)(C)C.CC(=O)[C@H](C(C)(C)C)C(F)(F)F.CC(C(C)(C)C)C(C)(C)C.CC(C)(C)C1(C(=O)O)CC1.CC(C)(C)C1(C)CC1.CC(C)(C)C1(C)CCC1.CC(C)[C@@H](C)C(C)(C)C.CC[C@@H](C)C(C)(C)C.COC[C@@H](C)C(C)(C)C.C[C@H](C1CC1)C(C)(C)C. The standard InChI is InChI=1S/C10H22.2C9H18.C9H20.2C8H13F3O.C8H14O2.C8H18O.C8H16O.C8H16.C8H18/c1-8(9(2,3)4)10(5,6)7;1-8(2,3)9(4)6-5-7-9;1-7(8-5-6-8)9(2,3)4;1-7(2)8(3)9(4,5)6;2*1-5(12)6(7(2,3)4)8(9,10)11;1-7(2,3)8(4-5-8)6(9)10;1-7(6-9-5)8(2,3)4;1-6(7(2)9)8(3,4)5;1-7(2,3)8(4)5-6-8;1-6-7(2)8(3,4)5/h8H,1-7H3;5-7H2,1-4H3;7-8H,5-6H2,1-4H3;7-8H,1-6H3;2*6H,1-4H3;4-5H2,1-3H3,(H,9,10);7H,6H2,1-5H3;6H,1-5H3;5-6H2,1-4H3;7H,6H2,1-5H3/t;;7-;8-;2*6-;;7-;6-;;7-/m..1110.11.1/s1. The molecule has 0 bridgehead atoms. The van der Waals surface area contributed by atoms with Gasteiger partial charge in [0.1, 0.15) is 29.2 Å². The summed E-state index contributed by atoms with van der Waals surface area (Å²) in [6.45, 7) is 106. The first-order chi connectivity index (χ1) is 45.3. The predicted octanol–water partition coefficient (Wildman–Crippen LogP) is 31.3. The van der Waals surface area contributed by atoms with Crippen LogP contribution in [0.4, 0.5) is 26.3 Å². The molecule has 6 nitrogen and oxygen atoms in total. The van der Waals surface area contributed by atoms with Gasteiger partial charge in [0.05, 0.1) is 5.41 Å². The quantitative estimate of drug-likeness (QED) is 0.231. The summed E-state index contributed by atoms with van der Waals surface area (Å²) in [6.07, 6.45) is 4.33. The van der Waals surface area contributed by atoms with Crippen LogP contribution in [0.2, 0.25) is 0 Å². The molecule has 7 atom stereocenters. The van der Waals surface area contributed by atoms with E-state index in [9.17, 15) is 45.5 Å². The fourth-order valence-corrected chi connectivity index (χ4v) is 11.8. The third-order valence-corrected chi connectivity index (χ3v) is 25.4. The van der Waals surface area contributed by atoms with E-state index in [4.69, 9.17) is 9.84 Å². The Bertz CT molecular complexity index is 2270. The van der Waals surface area contributed by atoms with Gasteiger partial charge in [-0.2, -0.15) is 26.3 Å². The molecule has 105 heavy (non-hydrogen) atoms. The molecule has 4 fully saturated rings. The number of carboxylic acids is 1. The minimum atomic E-state index is -4.43. The molecule has 0 amide bonds. The number of ketones is 3. The van der Waals surface area contributed by atoms with E-state index >= 15 is 0 Å². The highest BCUT2D eigenvalue weighted by Crippen LogP contribution is 2.59. The summed E-state index contributed by atoms with van der Waals surface area (Å²) < 4.78 is 78.5. The molecule has 12 heteroatoms. The highest BCUT2D eigenvalue weighted by Gasteiger charge is 2.58. The Kier molecular flexibility index (Phi) is 48.6. The third kappa shape index (κ3) is 49.9. The van der Waals surface area contributed by atoms with Gasteiger partial charge in [-0.1, -0.05) is 338 Å². The average molecular weight is 1510 g/mol. The van der Waals surface area contributed by atoms with Crippen molar-refractivity contribution in [3.8, 4) is 0 Å². The highest BCUT2D eigenvalue weighted by atomic mass is 19.4. The molecular formula is C93H186F6O6. The van der Waals surface area contributed by atoms with Gasteiger partial charge in [0.25, 0.3) is 0 Å². The second-order valence-electron chi connectivity index (χ2n) is 46.5. The molecule has 0 heterocycles. The molecule has 0 unspecified atom stereocenters. The van der Waals surface area contributed by atoms with Crippen molar-refractivity contribution in [2.75, 3.05) is 13.7 Å². The lowest BCUT2D eigenvalue weighted by Gasteiger charge is -2.49. The minimum Gasteiger partial charge on any atom is -0.481 e. The van der Waals surface area contributed by atoms with Crippen LogP contribution in [-0.2, 0) is 23.9 Å². The van der Waals surface area contributed by atoms with Crippen LogP contribution in [-0.4, -0.2) is 54.5 Å². The Labute approximate surface area is 652 Å². The number of halogens is 6. The van der Waals surface area contributed by atoms with Crippen LogP contribution in [0.1, 0.15) is 410 Å². The molecule has 0 aromatic rings. The number of rotatable bonds is 9. The van der Waals surface area contributed by atoms with Gasteiger partial charge in [-0.25, -0.2) is 0 Å². The van der Waals surface area contributed by atoms with Gasteiger partial charge in [-0.3, -0.25) is 19.2 Å². The van der Waals surface area contributed by atoms with Crippen LogP contribution in [0.5, 0.6) is 0 Å². The summed E-state index contributed by atoms with van der Waals surface area (Å²) in [5.41, 5.74) is 2.79. The zero-order valence-corrected chi connectivity index (χ0v) is 79.8. The summed E-state index contributed by atoms with van der Waals surface area (Å²) in [5, 5.41) is 8.84. The summed E-state index contributed by atoms with van der Waals surface area (Å²) in [5.74, 6) is 0.343. The fraction of sp³-hybridized carbons (Fsp3) is 0.957. The van der Waals surface area contributed by atoms with E-state index in [0.29, 0.717) is 60.1 Å². The number of carbonyl (C=O) groups is 4. The molecular weight excluding hydrogens is 1330 g/mol. The van der Waals surface area contributed by atoms with Gasteiger partial charge in [0, 0.05) is 19.6 Å². The molecule has 0 aromatic heterocycles. The van der Waals surface area contributed by atoms with Crippen molar-refractivity contribution in [1.82, 2.24) is 0 Å². The first kappa shape index (κ1) is 116. The fourth-order valence-electron chi connectivity index (χ4n) is 11.8. The molecule has 0 saturated heterocycles. The van der Waals surface area contributed by atoms with E-state index in [2.05, 4.69) is 256 Å². The molecule has 4 saturated carbocycles. The average Bonchev–Trinajstić information content (AvgIpc) is 1.41. The van der Waals surface area contributed by atoms with Crippen molar-refractivity contribution in [2.45, 2.75) is 423 Å². The number of carboxylic acid groups (broad SMARTS) is 1. The van der Waals surface area contributed by atoms with E-state index < -0.39 is 58.0 Å². The minimum absolute atomic E-state index is 0.0706. The van der Waals surface area contributed by atoms with Crippen molar-refractivity contribution >= 4 is 23.3 Å². The Morgan fingerprint density at radius 3 is 0.714 bits per heavy atom. The van der Waals surface area contributed by atoms with E-state index in [1.807, 2.05) is 27.7 Å². The number of hydrogen-bond donors (Lipinski definition) is 1. The Balaban J connectivity index is -0.000000202. The molecule has 4 aliphatic carbocycles. The number of Topliss-reactive ketones (excluding diaryl/α,β-unsaturated/α-hetero) is 3. The van der Waals surface area contributed by atoms with Gasteiger partial charge in [-0.15, -0.1) is 0 Å². The second kappa shape index (κ2) is 43.9. The Hall–Kier alpha value is -1.98. The zero-order valence-electron chi connectivity index (χ0n) is 79.8. The maximum absolute atomic E-state index is 12.2. The maximum atomic E-state index is 12.2. The third-order valence-electron chi connectivity index (χ3n) is 25.4. The van der Waals surface area contributed by atoms with E-state index in [1.165, 1.54) is 92.9 Å². The van der Waals surface area contributed by atoms with Gasteiger partial charge in [-0.05, 0) is 189 Å². The number of alkyl halides is 6. The van der Waals surface area contributed by atoms with Crippen LogP contribution in [0, 0.1) is 140 Å². The molecule has 1 N–H and O–H groups in total. The van der Waals surface area contributed by atoms with Crippen LogP contribution in [0.3, 0.4) is 0 Å². The lowest BCUT2D eigenvalue weighted by Crippen LogP contribution is -2.39. The van der Waals surface area contributed by atoms with Crippen molar-refractivity contribution in [3.05, 3.63) is 0 Å². The lowest BCUT2D eigenvalue weighted by molar-refractivity contribution is -0.201. The van der Waals surface area contributed by atoms with Crippen molar-refractivity contribution < 1.29 is 55.4 Å². The predicted molar refractivity (Wildman–Crippen MR) is 448 cm³/mol. The monoisotopic (exact) mass is 1510 g/mol. The largest absolute Gasteiger partial charge is 0.481 e. The van der Waals surface area contributed by atoms with E-state index in [0.717, 1.165) is 68.8 Å². The molecule has 0 spiro atoms. The second-order valence-corrected chi connectivity index (χ2v) is 46.5. The topological polar surface area (TPSA) is 97.7 Å². The van der Waals surface area contributed by atoms with Crippen LogP contribution >= 0.6 is 0 Å². The lowest BCUT2D eigenvalue weighted by atomic mass is 9.56. The number of carbonyl (C=O) groups excluding carboxylic acids is 3. The van der Waals surface area contributed by atoms with Crippen LogP contribution < -0.4 is 0 Å². The Morgan fingerprint density at radius 2 is 0.695 bits per heavy atom. The van der Waals surface area contributed by atoms with E-state index in [1.54, 1.807) is 14.0 Å². The zero-order chi connectivity index (χ0) is 87.1. The summed E-state index contributed by atoms with van der Waals surface area (Å²) in [7, 11) is 1.75. The number of methoxy groups -OCH3 is 1. The molecule has 0 radical (unpaired) electrons. The van der Waals surface area contributed by atoms with Crippen LogP contribution in [0.15, 0.2) is 0 Å². The summed E-state index contributed by atoms with van der Waals surface area (Å²) in [4.78, 5) is 43.0. The first-order valence-corrected chi connectivity index (χ1v) is 40.7. The molecule has 0 aromatic carbocycles. The van der Waals surface area contributed by atoms with Gasteiger partial charge in [0.15, 0.2) is 0 Å². The van der Waals surface area contributed by atoms with Gasteiger partial charge >= 0.3 is 18.3 Å². The number of hydrogen-bond acceptors (Lipinski definition) is 5. The molecule has 0 aliphatic heterocycles. The molecule has 4 aliphatic rings. The highest BCUT2D eigenvalue weighted by molar-refractivity contribution is 5.80. The normalized spacial score (nSPS) is 18.6. The van der Waals surface area contributed by atoms with Gasteiger partial charge in [0.2, 0.25) is 0 Å². The van der Waals surface area contributed by atoms with E-state index in [-0.39, 0.29) is 22.5 Å². The van der Waals surface area contributed by atoms with Crippen molar-refractivity contribution in [3.63, 3.8) is 0 Å². The first-order valence-electron chi connectivity index (χ1n) is 40.7. The number of ether oxygens (including phenoxy) is 1. The van der Waals surface area contributed by atoms with Crippen molar-refractivity contribution in [1.29, 1.82) is 0 Å². The summed E-state index contributed by atoms with van der Waals surface area (Å²) in [6, 6.07) is 0. The van der Waals surface area contributed by atoms with Gasteiger partial charge < -0.3 is 9.84 Å². The van der Waals surface area contributed by atoms with Crippen LogP contribution in [0.25, 0.3) is 0 Å². The number of aliphatic carboxylic acids is 1.